The monoisotopic (exact) mass is 321 g/mol. The van der Waals surface area contributed by atoms with Crippen molar-refractivity contribution in [2.75, 3.05) is 0 Å². The summed E-state index contributed by atoms with van der Waals surface area (Å²) in [7, 11) is 0. The molecule has 100 valence electrons. The second kappa shape index (κ2) is 6.16. The average molecular weight is 320 g/mol. The van der Waals surface area contributed by atoms with Crippen molar-refractivity contribution >= 4 is 31.9 Å². The molecule has 0 heterocycles. The summed E-state index contributed by atoms with van der Waals surface area (Å²) in [5.74, 6) is 0.810. The first-order valence-electron chi connectivity index (χ1n) is 6.48. The molecule has 0 bridgehead atoms. The van der Waals surface area contributed by atoms with Gasteiger partial charge in [0, 0.05) is 0 Å². The molecule has 0 N–H and O–H groups in total. The first-order valence-corrected chi connectivity index (χ1v) is 8.55. The fraction of sp³-hybridized carbons (Fsp3) is 0.538. The van der Waals surface area contributed by atoms with Crippen LogP contribution in [0, 0.1) is 5.92 Å². The van der Waals surface area contributed by atoms with Gasteiger partial charge in [0.2, 0.25) is 0 Å². The molecule has 0 spiro atoms. The molecule has 0 saturated heterocycles. The average Bonchev–Trinajstić information content (AvgIpc) is 2.37. The van der Waals surface area contributed by atoms with Crippen molar-refractivity contribution in [2.24, 2.45) is 5.92 Å². The van der Waals surface area contributed by atoms with Crippen LogP contribution in [0.4, 0.5) is 12.9 Å². The summed E-state index contributed by atoms with van der Waals surface area (Å²) in [6.07, 6.45) is 6.63. The summed E-state index contributed by atoms with van der Waals surface area (Å²) >= 11 is 0.332. The number of rotatable bonds is 4. The van der Waals surface area contributed by atoms with Crippen molar-refractivity contribution in [3.63, 3.8) is 0 Å². The first-order chi connectivity index (χ1) is 8.55. The number of hydrogen-bond acceptors (Lipinski definition) is 0. The molecule has 1 aliphatic carbocycles. The molecule has 0 aromatic heterocycles. The van der Waals surface area contributed by atoms with Gasteiger partial charge in [0.1, 0.15) is 0 Å². The van der Waals surface area contributed by atoms with Crippen LogP contribution in [0.25, 0.3) is 0 Å². The van der Waals surface area contributed by atoms with E-state index in [-0.39, 0.29) is 0 Å². The third-order valence-corrected chi connectivity index (χ3v) is 6.08. The Hall–Kier alpha value is -0.406. The molecular formula is C13H17BF3Se-. The van der Waals surface area contributed by atoms with Gasteiger partial charge in [-0.05, 0) is 0 Å². The van der Waals surface area contributed by atoms with Gasteiger partial charge >= 0.3 is 112 Å². The van der Waals surface area contributed by atoms with Crippen LogP contribution in [-0.2, 0) is 0 Å². The van der Waals surface area contributed by atoms with E-state index in [0.29, 0.717) is 15.0 Å². The van der Waals surface area contributed by atoms with Crippen molar-refractivity contribution in [3.8, 4) is 0 Å². The quantitative estimate of drug-likeness (QED) is 0.748. The van der Waals surface area contributed by atoms with Crippen LogP contribution >= 0.6 is 0 Å². The van der Waals surface area contributed by atoms with Gasteiger partial charge < -0.3 is 0 Å². The molecule has 18 heavy (non-hydrogen) atoms. The maximum atomic E-state index is 12.5. The van der Waals surface area contributed by atoms with Crippen LogP contribution in [0.15, 0.2) is 24.3 Å². The predicted molar refractivity (Wildman–Crippen MR) is 71.9 cm³/mol. The van der Waals surface area contributed by atoms with E-state index in [1.54, 1.807) is 12.1 Å². The Kier molecular flexibility index (Phi) is 4.80. The Morgan fingerprint density at radius 2 is 1.61 bits per heavy atom. The van der Waals surface area contributed by atoms with Crippen molar-refractivity contribution < 1.29 is 12.9 Å². The fourth-order valence-corrected chi connectivity index (χ4v) is 4.64. The minimum atomic E-state index is -4.84. The number of benzene rings is 1. The van der Waals surface area contributed by atoms with Crippen molar-refractivity contribution in [1.82, 2.24) is 0 Å². The van der Waals surface area contributed by atoms with Gasteiger partial charge in [-0.3, -0.25) is 0 Å². The van der Waals surface area contributed by atoms with Crippen molar-refractivity contribution in [1.29, 1.82) is 0 Å². The van der Waals surface area contributed by atoms with E-state index in [9.17, 15) is 12.9 Å². The molecule has 0 unspecified atom stereocenters. The summed E-state index contributed by atoms with van der Waals surface area (Å²) in [6, 6.07) is 5.79. The zero-order valence-corrected chi connectivity index (χ0v) is 12.0. The second-order valence-corrected chi connectivity index (χ2v) is 7.25. The Balaban J connectivity index is 1.86. The molecule has 1 fully saturated rings. The molecule has 1 aromatic carbocycles. The number of halogens is 3. The van der Waals surface area contributed by atoms with Crippen LogP contribution in [-0.4, -0.2) is 21.9 Å². The summed E-state index contributed by atoms with van der Waals surface area (Å²) in [5.41, 5.74) is -0.479. The molecule has 2 rings (SSSR count). The zero-order valence-electron chi connectivity index (χ0n) is 10.2. The van der Waals surface area contributed by atoms with Gasteiger partial charge in [-0.25, -0.2) is 0 Å². The van der Waals surface area contributed by atoms with Crippen molar-refractivity contribution in [3.05, 3.63) is 24.3 Å². The third kappa shape index (κ3) is 4.06. The van der Waals surface area contributed by atoms with Gasteiger partial charge in [-0.15, -0.1) is 0 Å². The van der Waals surface area contributed by atoms with Gasteiger partial charge in [0.05, 0.1) is 0 Å². The summed E-state index contributed by atoms with van der Waals surface area (Å²) in [5, 5.41) is 1.18. The van der Waals surface area contributed by atoms with Crippen LogP contribution in [0.2, 0.25) is 5.32 Å². The van der Waals surface area contributed by atoms with E-state index in [4.69, 9.17) is 0 Å². The summed E-state index contributed by atoms with van der Waals surface area (Å²) in [6.45, 7) is -4.84. The predicted octanol–water partition coefficient (Wildman–Crippen LogP) is 3.07. The fourth-order valence-electron chi connectivity index (χ4n) is 2.35. The van der Waals surface area contributed by atoms with E-state index >= 15 is 0 Å². The summed E-state index contributed by atoms with van der Waals surface area (Å²) in [4.78, 5) is 0. The van der Waals surface area contributed by atoms with Crippen LogP contribution in [0.1, 0.15) is 32.1 Å². The standard InChI is InChI=1S/C13H17BF3Se/c15-14(16,17)12-6-8-13(9-7-12)18-10-11-4-2-1-3-5-11/h6-9,11H,1-5,10H2/q-1. The molecule has 1 saturated carbocycles. The normalized spacial score (nSPS) is 17.9. The van der Waals surface area contributed by atoms with Gasteiger partial charge in [0.15, 0.2) is 0 Å². The van der Waals surface area contributed by atoms with E-state index in [1.807, 2.05) is 0 Å². The molecular weight excluding hydrogens is 303 g/mol. The molecule has 0 aliphatic heterocycles. The molecule has 1 aliphatic rings. The maximum absolute atomic E-state index is 12.5. The van der Waals surface area contributed by atoms with Crippen LogP contribution in [0.5, 0.6) is 0 Å². The second-order valence-electron chi connectivity index (χ2n) is 4.96. The molecule has 5 heteroatoms. The molecule has 0 nitrogen and oxygen atoms in total. The van der Waals surface area contributed by atoms with E-state index < -0.39 is 12.4 Å². The van der Waals surface area contributed by atoms with Crippen LogP contribution in [0.3, 0.4) is 0 Å². The van der Waals surface area contributed by atoms with E-state index in [1.165, 1.54) is 49.6 Å². The van der Waals surface area contributed by atoms with Crippen molar-refractivity contribution in [2.45, 2.75) is 37.4 Å². The Morgan fingerprint density at radius 1 is 1.00 bits per heavy atom. The SMILES string of the molecule is F[B-](F)(F)c1ccc([Se]CC2CCCCC2)cc1. The molecule has 1 aromatic rings. The Labute approximate surface area is 113 Å². The van der Waals surface area contributed by atoms with E-state index in [2.05, 4.69) is 0 Å². The molecule has 0 amide bonds. The van der Waals surface area contributed by atoms with Gasteiger partial charge in [0.25, 0.3) is 0 Å². The van der Waals surface area contributed by atoms with E-state index in [0.717, 1.165) is 10.4 Å². The van der Waals surface area contributed by atoms with Crippen LogP contribution < -0.4 is 9.92 Å². The first kappa shape index (κ1) is 14.0. The molecule has 0 atom stereocenters. The van der Waals surface area contributed by atoms with Gasteiger partial charge in [-0.2, -0.15) is 0 Å². The topological polar surface area (TPSA) is 0 Å². The molecule has 0 radical (unpaired) electrons. The minimum absolute atomic E-state index is 0.332. The third-order valence-electron chi connectivity index (χ3n) is 3.47. The number of hydrogen-bond donors (Lipinski definition) is 0. The Morgan fingerprint density at radius 3 is 2.17 bits per heavy atom. The summed E-state index contributed by atoms with van der Waals surface area (Å²) < 4.78 is 38.5. The van der Waals surface area contributed by atoms with Gasteiger partial charge in [-0.1, -0.05) is 0 Å². The Bertz CT molecular complexity index is 369. The zero-order chi connectivity index (χ0) is 13.0.